The van der Waals surface area contributed by atoms with Crippen LogP contribution in [0.15, 0.2) is 36.7 Å². The Bertz CT molecular complexity index is 998. The molecule has 2 amide bonds. The van der Waals surface area contributed by atoms with E-state index < -0.39 is 17.1 Å². The van der Waals surface area contributed by atoms with Gasteiger partial charge in [-0.3, -0.25) is 9.59 Å². The van der Waals surface area contributed by atoms with Crippen LogP contribution in [0.3, 0.4) is 0 Å². The Morgan fingerprint density at radius 3 is 2.72 bits per heavy atom. The number of carbonyl (C=O) groups is 2. The van der Waals surface area contributed by atoms with E-state index in [1.807, 2.05) is 35.0 Å². The molecule has 2 fully saturated rings. The van der Waals surface area contributed by atoms with Crippen LogP contribution in [-0.4, -0.2) is 70.6 Å². The molecular formula is C21H24FN5O2. The van der Waals surface area contributed by atoms with Crippen LogP contribution in [0.25, 0.3) is 5.82 Å². The fraction of sp³-hybridized carbons (Fsp3) is 0.476. The summed E-state index contributed by atoms with van der Waals surface area (Å²) in [5, 5.41) is 0. The minimum atomic E-state index is -1.69. The Morgan fingerprint density at radius 2 is 2.00 bits per heavy atom. The van der Waals surface area contributed by atoms with Crippen molar-refractivity contribution < 1.29 is 14.0 Å². The number of likely N-dealkylation sites (N-methyl/N-ethyl adjacent to an activating group) is 1. The van der Waals surface area contributed by atoms with Crippen molar-refractivity contribution in [3.8, 4) is 5.82 Å². The lowest BCUT2D eigenvalue weighted by atomic mass is 9.88. The van der Waals surface area contributed by atoms with Gasteiger partial charge in [0.15, 0.2) is 11.5 Å². The van der Waals surface area contributed by atoms with Crippen LogP contribution >= 0.6 is 0 Å². The van der Waals surface area contributed by atoms with Gasteiger partial charge in [-0.05, 0) is 43.5 Å². The molecule has 1 unspecified atom stereocenters. The van der Waals surface area contributed by atoms with Crippen LogP contribution in [0.4, 0.5) is 10.1 Å². The van der Waals surface area contributed by atoms with Gasteiger partial charge >= 0.3 is 0 Å². The lowest BCUT2D eigenvalue weighted by Crippen LogP contribution is -2.55. The summed E-state index contributed by atoms with van der Waals surface area (Å²) in [7, 11) is 3.46. The highest BCUT2D eigenvalue weighted by Gasteiger charge is 2.57. The third-order valence-electron chi connectivity index (χ3n) is 6.43. The zero-order valence-corrected chi connectivity index (χ0v) is 16.6. The molecule has 7 nitrogen and oxygen atoms in total. The number of amides is 2. The second-order valence-corrected chi connectivity index (χ2v) is 8.46. The largest absolute Gasteiger partial charge is 0.347 e. The molecule has 29 heavy (non-hydrogen) atoms. The maximum absolute atomic E-state index is 14.5. The number of fused-ring (bicyclic) bond motifs is 4. The number of halogens is 1. The molecule has 0 radical (unpaired) electrons. The van der Waals surface area contributed by atoms with Gasteiger partial charge in [-0.25, -0.2) is 9.37 Å². The molecule has 1 saturated heterocycles. The van der Waals surface area contributed by atoms with Crippen LogP contribution in [0.2, 0.25) is 0 Å². The number of nitrogens with zero attached hydrogens (tertiary/aromatic N) is 5. The summed E-state index contributed by atoms with van der Waals surface area (Å²) < 4.78 is 16.5. The molecule has 2 aromatic heterocycles. The summed E-state index contributed by atoms with van der Waals surface area (Å²) in [6, 6.07) is 7.78. The lowest BCUT2D eigenvalue weighted by Gasteiger charge is -2.47. The first-order valence-corrected chi connectivity index (χ1v) is 9.95. The first kappa shape index (κ1) is 18.1. The number of carbonyl (C=O) groups excluding carboxylic acids is 2. The summed E-state index contributed by atoms with van der Waals surface area (Å²) in [5.41, 5.74) is -0.450. The van der Waals surface area contributed by atoms with Gasteiger partial charge in [0.05, 0.1) is 17.9 Å². The molecule has 1 spiro atoms. The molecule has 5 rings (SSSR count). The highest BCUT2D eigenvalue weighted by Crippen LogP contribution is 2.49. The van der Waals surface area contributed by atoms with Gasteiger partial charge < -0.3 is 19.3 Å². The van der Waals surface area contributed by atoms with Crippen LogP contribution < -0.4 is 4.90 Å². The highest BCUT2D eigenvalue weighted by atomic mass is 19.1. The molecule has 0 bridgehead atoms. The van der Waals surface area contributed by atoms with Gasteiger partial charge in [-0.2, -0.15) is 0 Å². The Labute approximate surface area is 168 Å². The Kier molecular flexibility index (Phi) is 3.78. The molecule has 152 valence electrons. The molecular weight excluding hydrogens is 373 g/mol. The number of hydrogen-bond acceptors (Lipinski definition) is 4. The molecule has 1 atom stereocenters. The zero-order valence-electron chi connectivity index (χ0n) is 16.6. The quantitative estimate of drug-likeness (QED) is 0.791. The monoisotopic (exact) mass is 397 g/mol. The maximum Gasteiger partial charge on any atom is 0.260 e. The number of anilines is 1. The van der Waals surface area contributed by atoms with Crippen molar-refractivity contribution >= 4 is 17.5 Å². The van der Waals surface area contributed by atoms with Crippen molar-refractivity contribution in [2.75, 3.05) is 38.6 Å². The fourth-order valence-electron chi connectivity index (χ4n) is 4.62. The second-order valence-electron chi connectivity index (χ2n) is 8.46. The van der Waals surface area contributed by atoms with Gasteiger partial charge in [-0.15, -0.1) is 0 Å². The summed E-state index contributed by atoms with van der Waals surface area (Å²) in [4.78, 5) is 35.3. The van der Waals surface area contributed by atoms with Crippen molar-refractivity contribution in [2.24, 2.45) is 0 Å². The first-order chi connectivity index (χ1) is 13.9. The molecule has 2 aliphatic heterocycles. The maximum atomic E-state index is 14.5. The number of alkyl halides is 1. The van der Waals surface area contributed by atoms with Gasteiger partial charge in [0.2, 0.25) is 5.91 Å². The number of aromatic nitrogens is 2. The molecule has 1 aliphatic carbocycles. The van der Waals surface area contributed by atoms with E-state index in [1.54, 1.807) is 30.1 Å². The van der Waals surface area contributed by atoms with Crippen LogP contribution in [0, 0.1) is 0 Å². The van der Waals surface area contributed by atoms with Crippen LogP contribution in [0.1, 0.15) is 25.0 Å². The van der Waals surface area contributed by atoms with Crippen molar-refractivity contribution in [1.82, 2.24) is 19.4 Å². The van der Waals surface area contributed by atoms with Gasteiger partial charge in [-0.1, -0.05) is 0 Å². The molecule has 2 aromatic rings. The predicted molar refractivity (Wildman–Crippen MR) is 106 cm³/mol. The van der Waals surface area contributed by atoms with E-state index in [-0.39, 0.29) is 12.5 Å². The molecule has 0 N–H and O–H groups in total. The van der Waals surface area contributed by atoms with Crippen LogP contribution in [-0.2, 0) is 15.1 Å². The van der Waals surface area contributed by atoms with E-state index in [0.29, 0.717) is 32.4 Å². The summed E-state index contributed by atoms with van der Waals surface area (Å²) in [5.74, 6) is 0.315. The number of hydrogen-bond donors (Lipinski definition) is 0. The van der Waals surface area contributed by atoms with E-state index in [1.165, 1.54) is 0 Å². The van der Waals surface area contributed by atoms with E-state index >= 15 is 0 Å². The Hall–Kier alpha value is -2.90. The third-order valence-corrected chi connectivity index (χ3v) is 6.43. The number of likely N-dealkylation sites (tertiary alicyclic amines) is 1. The van der Waals surface area contributed by atoms with Crippen LogP contribution in [0.5, 0.6) is 0 Å². The van der Waals surface area contributed by atoms with E-state index in [2.05, 4.69) is 9.88 Å². The van der Waals surface area contributed by atoms with Crippen molar-refractivity contribution in [3.63, 3.8) is 0 Å². The fourth-order valence-corrected chi connectivity index (χ4v) is 4.62. The normalized spacial score (nSPS) is 23.7. The molecule has 8 heteroatoms. The molecule has 3 aliphatic rings. The SMILES string of the molecule is CN(C)C(=O)CN1c2cccnc2-n2cccc2C12CCN(C(=O)C1(F)CC1)C2. The number of pyridine rings is 1. The lowest BCUT2D eigenvalue weighted by molar-refractivity contribution is -0.137. The van der Waals surface area contributed by atoms with Crippen molar-refractivity contribution in [2.45, 2.75) is 30.5 Å². The standard InChI is InChI=1S/C21H24FN5O2/c1-24(2)17(28)13-27-15-5-3-10-23-18(15)26-11-4-6-16(26)21(27)9-12-25(14-21)19(29)20(22)7-8-20/h3-6,10-11H,7-9,12-14H2,1-2H3. The first-order valence-electron chi connectivity index (χ1n) is 9.95. The van der Waals surface area contributed by atoms with Crippen molar-refractivity contribution in [3.05, 3.63) is 42.4 Å². The second kappa shape index (κ2) is 6.05. The minimum Gasteiger partial charge on any atom is -0.347 e. The zero-order chi connectivity index (χ0) is 20.4. The predicted octanol–water partition coefficient (Wildman–Crippen LogP) is 1.71. The van der Waals surface area contributed by atoms with E-state index in [0.717, 1.165) is 17.2 Å². The molecule has 4 heterocycles. The Balaban J connectivity index is 1.60. The van der Waals surface area contributed by atoms with E-state index in [9.17, 15) is 14.0 Å². The molecule has 1 saturated carbocycles. The number of rotatable bonds is 3. The smallest absolute Gasteiger partial charge is 0.260 e. The average Bonchev–Trinajstić information content (AvgIpc) is 3.12. The van der Waals surface area contributed by atoms with Gasteiger partial charge in [0.25, 0.3) is 5.91 Å². The van der Waals surface area contributed by atoms with Gasteiger partial charge in [0, 0.05) is 39.6 Å². The summed E-state index contributed by atoms with van der Waals surface area (Å²) >= 11 is 0. The Morgan fingerprint density at radius 1 is 1.21 bits per heavy atom. The minimum absolute atomic E-state index is 0.0342. The van der Waals surface area contributed by atoms with E-state index in [4.69, 9.17) is 0 Å². The topological polar surface area (TPSA) is 61.7 Å². The third kappa shape index (κ3) is 2.58. The highest BCUT2D eigenvalue weighted by molar-refractivity contribution is 5.89. The summed E-state index contributed by atoms with van der Waals surface area (Å²) in [6.07, 6.45) is 4.93. The van der Waals surface area contributed by atoms with Gasteiger partial charge in [0.1, 0.15) is 5.54 Å². The summed E-state index contributed by atoms with van der Waals surface area (Å²) in [6.45, 7) is 0.994. The molecule has 0 aromatic carbocycles. The van der Waals surface area contributed by atoms with Crippen molar-refractivity contribution in [1.29, 1.82) is 0 Å². The average molecular weight is 397 g/mol.